The summed E-state index contributed by atoms with van der Waals surface area (Å²) in [5, 5.41) is 10.7. The number of pyridine rings is 2. The Labute approximate surface area is 188 Å². The SMILES string of the molecule is CCOC(=O)c1c(O)c2ncc(Cc3ccc(F)cc3)c3c2n(c1=O)CC(C(=O)N(C)C)O3. The van der Waals surface area contributed by atoms with Crippen LogP contribution in [0.2, 0.25) is 0 Å². The van der Waals surface area contributed by atoms with Crippen molar-refractivity contribution in [2.24, 2.45) is 0 Å². The first-order valence-corrected chi connectivity index (χ1v) is 10.3. The predicted octanol–water partition coefficient (Wildman–Crippen LogP) is 1.86. The molecule has 2 aromatic heterocycles. The van der Waals surface area contributed by atoms with Gasteiger partial charge in [0, 0.05) is 32.3 Å². The minimum absolute atomic E-state index is 0.00981. The molecule has 0 fully saturated rings. The van der Waals surface area contributed by atoms with Crippen LogP contribution in [-0.2, 0) is 22.5 Å². The maximum absolute atomic E-state index is 13.3. The monoisotopic (exact) mass is 455 g/mol. The molecule has 4 rings (SSSR count). The summed E-state index contributed by atoms with van der Waals surface area (Å²) >= 11 is 0. The lowest BCUT2D eigenvalue weighted by atomic mass is 10.0. The van der Waals surface area contributed by atoms with Crippen molar-refractivity contribution in [2.75, 3.05) is 20.7 Å². The standard InChI is InChI=1S/C23H22FN3O6/c1-4-32-23(31)16-19(28)17-18-20(13(10-25-17)9-12-5-7-14(24)8-6-12)33-15(21(29)26(2)3)11-27(18)22(16)30/h5-8,10,15,28H,4,9,11H2,1-3H3. The van der Waals surface area contributed by atoms with Crippen LogP contribution >= 0.6 is 0 Å². The molecule has 0 saturated carbocycles. The van der Waals surface area contributed by atoms with Crippen LogP contribution in [0.4, 0.5) is 4.39 Å². The van der Waals surface area contributed by atoms with Crippen LogP contribution in [0.25, 0.3) is 11.0 Å². The second-order valence-corrected chi connectivity index (χ2v) is 7.81. The lowest BCUT2D eigenvalue weighted by Crippen LogP contribution is -2.45. The Bertz CT molecular complexity index is 1320. The molecule has 3 aromatic rings. The van der Waals surface area contributed by atoms with Crippen LogP contribution in [0.1, 0.15) is 28.4 Å². The lowest BCUT2D eigenvalue weighted by molar-refractivity contribution is -0.137. The first kappa shape index (κ1) is 22.3. The van der Waals surface area contributed by atoms with Crippen molar-refractivity contribution in [2.45, 2.75) is 26.0 Å². The number of aromatic hydroxyl groups is 1. The zero-order chi connectivity index (χ0) is 23.9. The first-order chi connectivity index (χ1) is 15.7. The molecule has 0 radical (unpaired) electrons. The van der Waals surface area contributed by atoms with Crippen molar-refractivity contribution in [1.82, 2.24) is 14.5 Å². The Balaban J connectivity index is 1.95. The van der Waals surface area contributed by atoms with Gasteiger partial charge in [-0.3, -0.25) is 19.1 Å². The van der Waals surface area contributed by atoms with E-state index in [2.05, 4.69) is 4.98 Å². The largest absolute Gasteiger partial charge is 0.505 e. The molecule has 1 aromatic carbocycles. The van der Waals surface area contributed by atoms with Gasteiger partial charge in [-0.1, -0.05) is 12.1 Å². The van der Waals surface area contributed by atoms with E-state index in [1.807, 2.05) is 0 Å². The van der Waals surface area contributed by atoms with Crippen molar-refractivity contribution in [3.63, 3.8) is 0 Å². The van der Waals surface area contributed by atoms with E-state index in [1.165, 1.54) is 27.8 Å². The van der Waals surface area contributed by atoms with Gasteiger partial charge in [-0.15, -0.1) is 0 Å². The number of hydrogen-bond acceptors (Lipinski definition) is 7. The highest BCUT2D eigenvalue weighted by Crippen LogP contribution is 2.38. The molecule has 1 aliphatic heterocycles. The van der Waals surface area contributed by atoms with E-state index in [9.17, 15) is 23.9 Å². The average Bonchev–Trinajstić information content (AvgIpc) is 2.79. The smallest absolute Gasteiger partial charge is 0.347 e. The topological polar surface area (TPSA) is 111 Å². The Kier molecular flexibility index (Phi) is 5.75. The van der Waals surface area contributed by atoms with Crippen LogP contribution in [-0.4, -0.2) is 58.2 Å². The third-order valence-electron chi connectivity index (χ3n) is 5.38. The van der Waals surface area contributed by atoms with E-state index in [1.54, 1.807) is 33.2 Å². The van der Waals surface area contributed by atoms with Crippen LogP contribution in [0.3, 0.4) is 0 Å². The molecule has 9 nitrogen and oxygen atoms in total. The molecule has 0 aliphatic carbocycles. The number of benzene rings is 1. The van der Waals surface area contributed by atoms with Crippen molar-refractivity contribution in [3.8, 4) is 11.5 Å². The van der Waals surface area contributed by atoms with E-state index in [0.717, 1.165) is 5.56 Å². The average molecular weight is 455 g/mol. The Morgan fingerprint density at radius 2 is 2.00 bits per heavy atom. The van der Waals surface area contributed by atoms with Gasteiger partial charge in [0.15, 0.2) is 23.2 Å². The van der Waals surface area contributed by atoms with Gasteiger partial charge in [0.2, 0.25) is 0 Å². The molecule has 0 spiro atoms. The zero-order valence-electron chi connectivity index (χ0n) is 18.3. The van der Waals surface area contributed by atoms with Gasteiger partial charge in [-0.25, -0.2) is 9.18 Å². The molecule has 0 saturated heterocycles. The third kappa shape index (κ3) is 3.88. The summed E-state index contributed by atoms with van der Waals surface area (Å²) in [5.41, 5.74) is 0.0769. The number of ether oxygens (including phenoxy) is 2. The first-order valence-electron chi connectivity index (χ1n) is 10.3. The molecular formula is C23H22FN3O6. The lowest BCUT2D eigenvalue weighted by Gasteiger charge is -2.30. The zero-order valence-corrected chi connectivity index (χ0v) is 18.3. The number of rotatable bonds is 5. The van der Waals surface area contributed by atoms with Crippen molar-refractivity contribution in [1.29, 1.82) is 0 Å². The number of halogens is 1. The second kappa shape index (κ2) is 8.53. The van der Waals surface area contributed by atoms with E-state index in [4.69, 9.17) is 9.47 Å². The number of likely N-dealkylation sites (N-methyl/N-ethyl adjacent to an activating group) is 1. The highest BCUT2D eigenvalue weighted by molar-refractivity contribution is 6.00. The number of esters is 1. The Morgan fingerprint density at radius 1 is 1.30 bits per heavy atom. The summed E-state index contributed by atoms with van der Waals surface area (Å²) in [4.78, 5) is 44.0. The third-order valence-corrected chi connectivity index (χ3v) is 5.38. The van der Waals surface area contributed by atoms with Crippen LogP contribution in [0, 0.1) is 5.82 Å². The van der Waals surface area contributed by atoms with Gasteiger partial charge >= 0.3 is 5.97 Å². The molecule has 1 N–H and O–H groups in total. The number of hydrogen-bond donors (Lipinski definition) is 1. The minimum Gasteiger partial charge on any atom is -0.505 e. The van der Waals surface area contributed by atoms with E-state index >= 15 is 0 Å². The summed E-state index contributed by atoms with van der Waals surface area (Å²) in [5.74, 6) is -2.16. The number of amides is 1. The molecule has 1 atom stereocenters. The molecule has 1 aliphatic rings. The number of carbonyl (C=O) groups is 2. The summed E-state index contributed by atoms with van der Waals surface area (Å²) in [7, 11) is 3.12. The summed E-state index contributed by atoms with van der Waals surface area (Å²) < 4.78 is 25.5. The molecule has 1 amide bonds. The van der Waals surface area contributed by atoms with E-state index in [-0.39, 0.29) is 48.1 Å². The van der Waals surface area contributed by atoms with Crippen LogP contribution in [0.15, 0.2) is 35.3 Å². The normalized spacial score (nSPS) is 14.6. The quantitative estimate of drug-likeness (QED) is 0.585. The van der Waals surface area contributed by atoms with Crippen LogP contribution in [0.5, 0.6) is 11.5 Å². The number of aromatic nitrogens is 2. The van der Waals surface area contributed by atoms with E-state index in [0.29, 0.717) is 5.56 Å². The summed E-state index contributed by atoms with van der Waals surface area (Å²) in [6, 6.07) is 5.85. The van der Waals surface area contributed by atoms with Crippen molar-refractivity contribution >= 4 is 22.9 Å². The molecule has 3 heterocycles. The highest BCUT2D eigenvalue weighted by atomic mass is 19.1. The molecule has 0 bridgehead atoms. The Morgan fingerprint density at radius 3 is 2.64 bits per heavy atom. The van der Waals surface area contributed by atoms with Gasteiger partial charge in [0.1, 0.15) is 16.9 Å². The van der Waals surface area contributed by atoms with Gasteiger partial charge in [0.25, 0.3) is 11.5 Å². The van der Waals surface area contributed by atoms with Crippen molar-refractivity contribution in [3.05, 3.63) is 63.3 Å². The van der Waals surface area contributed by atoms with Gasteiger partial charge < -0.3 is 19.5 Å². The minimum atomic E-state index is -1.04. The fourth-order valence-corrected chi connectivity index (χ4v) is 3.80. The fraction of sp³-hybridized carbons (Fsp3) is 0.304. The van der Waals surface area contributed by atoms with Crippen LogP contribution < -0.4 is 10.3 Å². The molecule has 10 heteroatoms. The van der Waals surface area contributed by atoms with Gasteiger partial charge in [-0.2, -0.15) is 0 Å². The van der Waals surface area contributed by atoms with Gasteiger partial charge in [-0.05, 0) is 24.6 Å². The number of carbonyl (C=O) groups excluding carboxylic acids is 2. The van der Waals surface area contributed by atoms with E-state index < -0.39 is 28.9 Å². The second-order valence-electron chi connectivity index (χ2n) is 7.81. The maximum atomic E-state index is 13.3. The Hall–Kier alpha value is -3.95. The molecular weight excluding hydrogens is 433 g/mol. The molecule has 172 valence electrons. The highest BCUT2D eigenvalue weighted by Gasteiger charge is 2.35. The maximum Gasteiger partial charge on any atom is 0.347 e. The molecule has 33 heavy (non-hydrogen) atoms. The molecule has 1 unspecified atom stereocenters. The fourth-order valence-electron chi connectivity index (χ4n) is 3.80. The predicted molar refractivity (Wildman–Crippen MR) is 116 cm³/mol. The van der Waals surface area contributed by atoms with Gasteiger partial charge in [0.05, 0.1) is 13.2 Å². The van der Waals surface area contributed by atoms with Crippen molar-refractivity contribution < 1.29 is 28.6 Å². The number of nitrogens with zero attached hydrogens (tertiary/aromatic N) is 3. The summed E-state index contributed by atoms with van der Waals surface area (Å²) in [6.45, 7) is 1.42. The summed E-state index contributed by atoms with van der Waals surface area (Å²) in [6.07, 6.45) is 0.672.